The predicted molar refractivity (Wildman–Crippen MR) is 105 cm³/mol. The zero-order valence-corrected chi connectivity index (χ0v) is 15.8. The van der Waals surface area contributed by atoms with E-state index in [-0.39, 0.29) is 11.4 Å². The van der Waals surface area contributed by atoms with Crippen LogP contribution in [-0.4, -0.2) is 18.0 Å². The number of fused-ring (bicyclic) bond motifs is 1. The van der Waals surface area contributed by atoms with Crippen molar-refractivity contribution < 1.29 is 12.8 Å². The molecule has 0 saturated heterocycles. The Kier molecular flexibility index (Phi) is 4.58. The van der Waals surface area contributed by atoms with Crippen LogP contribution in [0.4, 0.5) is 0 Å². The first kappa shape index (κ1) is 18.1. The highest BCUT2D eigenvalue weighted by Crippen LogP contribution is 2.20. The second-order valence-electron chi connectivity index (χ2n) is 6.25. The van der Waals surface area contributed by atoms with Crippen LogP contribution in [0.3, 0.4) is 0 Å². The van der Waals surface area contributed by atoms with Gasteiger partial charge in [0.15, 0.2) is 0 Å². The number of sulfonamides is 1. The summed E-state index contributed by atoms with van der Waals surface area (Å²) in [5.41, 5.74) is 1.54. The van der Waals surface area contributed by atoms with Gasteiger partial charge in [-0.2, -0.15) is 0 Å². The molecule has 0 bridgehead atoms. The Bertz CT molecular complexity index is 1320. The van der Waals surface area contributed by atoms with E-state index in [1.807, 2.05) is 42.0 Å². The minimum atomic E-state index is -3.75. The lowest BCUT2D eigenvalue weighted by Crippen LogP contribution is -2.24. The topological polar surface area (TPSA) is 94.2 Å². The Balaban J connectivity index is 1.63. The van der Waals surface area contributed by atoms with E-state index in [2.05, 4.69) is 9.71 Å². The number of nitrogens with zero attached hydrogens (tertiary/aromatic N) is 2. The van der Waals surface area contributed by atoms with Crippen molar-refractivity contribution in [2.45, 2.75) is 18.4 Å². The van der Waals surface area contributed by atoms with Gasteiger partial charge in [0, 0.05) is 30.4 Å². The van der Waals surface area contributed by atoms with Crippen LogP contribution in [0.25, 0.3) is 16.7 Å². The maximum Gasteiger partial charge on any atom is 0.336 e. The Labute approximate surface area is 161 Å². The predicted octanol–water partition coefficient (Wildman–Crippen LogP) is 2.77. The Hall–Kier alpha value is -3.23. The third-order valence-electron chi connectivity index (χ3n) is 4.43. The molecule has 28 heavy (non-hydrogen) atoms. The number of hydrogen-bond donors (Lipinski definition) is 1. The first-order valence-electron chi connectivity index (χ1n) is 8.56. The second kappa shape index (κ2) is 7.06. The smallest absolute Gasteiger partial charge is 0.336 e. The molecule has 2 aromatic carbocycles. The van der Waals surface area contributed by atoms with Gasteiger partial charge in [0.1, 0.15) is 11.4 Å². The first-order valence-corrected chi connectivity index (χ1v) is 10.0. The average molecular weight is 395 g/mol. The van der Waals surface area contributed by atoms with Crippen LogP contribution in [0.2, 0.25) is 0 Å². The van der Waals surface area contributed by atoms with E-state index in [4.69, 9.17) is 4.42 Å². The normalized spacial score (nSPS) is 11.8. The third kappa shape index (κ3) is 3.47. The van der Waals surface area contributed by atoms with Crippen LogP contribution in [0.1, 0.15) is 11.4 Å². The molecule has 0 unspecified atom stereocenters. The van der Waals surface area contributed by atoms with Crippen molar-refractivity contribution >= 4 is 21.0 Å². The molecule has 142 valence electrons. The van der Waals surface area contributed by atoms with Crippen LogP contribution >= 0.6 is 0 Å². The molecule has 0 spiro atoms. The van der Waals surface area contributed by atoms with Crippen molar-refractivity contribution in [1.82, 2.24) is 14.3 Å². The molecule has 0 aliphatic heterocycles. The van der Waals surface area contributed by atoms with Crippen molar-refractivity contribution in [1.29, 1.82) is 0 Å². The number of para-hydroxylation sites is 1. The zero-order valence-electron chi connectivity index (χ0n) is 15.0. The van der Waals surface area contributed by atoms with Crippen LogP contribution in [-0.2, 0) is 16.6 Å². The van der Waals surface area contributed by atoms with Gasteiger partial charge in [-0.25, -0.2) is 22.9 Å². The second-order valence-corrected chi connectivity index (χ2v) is 8.02. The summed E-state index contributed by atoms with van der Waals surface area (Å²) in [5.74, 6) is 0.811. The highest BCUT2D eigenvalue weighted by atomic mass is 32.2. The fourth-order valence-corrected chi connectivity index (χ4v) is 4.04. The number of aryl methyl sites for hydroxylation is 1. The molecule has 0 aliphatic rings. The van der Waals surface area contributed by atoms with Crippen molar-refractivity contribution in [2.24, 2.45) is 0 Å². The fraction of sp³-hybridized carbons (Fsp3) is 0.100. The van der Waals surface area contributed by atoms with Gasteiger partial charge < -0.3 is 8.98 Å². The molecule has 0 saturated carbocycles. The number of aromatic nitrogens is 2. The number of hydrogen-bond acceptors (Lipinski definition) is 5. The maximum absolute atomic E-state index is 12.8. The fourth-order valence-electron chi connectivity index (χ4n) is 3.00. The molecule has 2 heterocycles. The SMILES string of the molecule is Cc1nccn1-c1ccccc1CNS(=O)(=O)c1ccc2oc(=O)ccc2c1. The van der Waals surface area contributed by atoms with Gasteiger partial charge in [-0.15, -0.1) is 0 Å². The highest BCUT2D eigenvalue weighted by molar-refractivity contribution is 7.89. The van der Waals surface area contributed by atoms with Gasteiger partial charge in [0.05, 0.1) is 10.6 Å². The third-order valence-corrected chi connectivity index (χ3v) is 5.83. The minimum absolute atomic E-state index is 0.102. The van der Waals surface area contributed by atoms with Crippen molar-refractivity contribution in [3.8, 4) is 5.69 Å². The van der Waals surface area contributed by atoms with Crippen LogP contribution < -0.4 is 10.3 Å². The standard InChI is InChI=1S/C20H17N3O4S/c1-14-21-10-11-23(14)18-5-3-2-4-16(18)13-22-28(25,26)17-7-8-19-15(12-17)6-9-20(24)27-19/h2-12,22H,13H2,1H3. The summed E-state index contributed by atoms with van der Waals surface area (Å²) in [6, 6.07) is 14.7. The van der Waals surface area contributed by atoms with Gasteiger partial charge >= 0.3 is 5.63 Å². The molecule has 0 amide bonds. The molecule has 0 aliphatic carbocycles. The van der Waals surface area contributed by atoms with E-state index in [0.29, 0.717) is 11.0 Å². The summed E-state index contributed by atoms with van der Waals surface area (Å²) in [4.78, 5) is 15.6. The summed E-state index contributed by atoms with van der Waals surface area (Å²) in [5, 5.41) is 0.539. The Morgan fingerprint density at radius 2 is 1.93 bits per heavy atom. The van der Waals surface area contributed by atoms with Gasteiger partial charge in [0.2, 0.25) is 10.0 Å². The van der Waals surface area contributed by atoms with Gasteiger partial charge in [-0.3, -0.25) is 0 Å². The summed E-state index contributed by atoms with van der Waals surface area (Å²) < 4.78 is 35.1. The van der Waals surface area contributed by atoms with E-state index in [9.17, 15) is 13.2 Å². The number of imidazole rings is 1. The summed E-state index contributed by atoms with van der Waals surface area (Å²) in [6.07, 6.45) is 3.53. The molecular weight excluding hydrogens is 378 g/mol. The molecule has 4 rings (SSSR count). The maximum atomic E-state index is 12.8. The molecular formula is C20H17N3O4S. The molecule has 2 aromatic heterocycles. The molecule has 0 radical (unpaired) electrons. The summed E-state index contributed by atoms with van der Waals surface area (Å²) in [6.45, 7) is 2.01. The number of rotatable bonds is 5. The number of nitrogens with one attached hydrogen (secondary N) is 1. The lowest BCUT2D eigenvalue weighted by atomic mass is 10.2. The monoisotopic (exact) mass is 395 g/mol. The van der Waals surface area contributed by atoms with Gasteiger partial charge in [0.25, 0.3) is 0 Å². The van der Waals surface area contributed by atoms with E-state index in [0.717, 1.165) is 17.1 Å². The van der Waals surface area contributed by atoms with Gasteiger partial charge in [-0.1, -0.05) is 18.2 Å². The van der Waals surface area contributed by atoms with Crippen molar-refractivity contribution in [3.05, 3.63) is 88.8 Å². The molecule has 8 heteroatoms. The van der Waals surface area contributed by atoms with Crippen molar-refractivity contribution in [2.75, 3.05) is 0 Å². The summed E-state index contributed by atoms with van der Waals surface area (Å²) >= 11 is 0. The van der Waals surface area contributed by atoms with E-state index < -0.39 is 15.6 Å². The molecule has 0 fully saturated rings. The largest absolute Gasteiger partial charge is 0.423 e. The quantitative estimate of drug-likeness (QED) is 0.525. The van der Waals surface area contributed by atoms with Gasteiger partial charge in [-0.05, 0) is 42.8 Å². The van der Waals surface area contributed by atoms with Crippen LogP contribution in [0, 0.1) is 6.92 Å². The van der Waals surface area contributed by atoms with Crippen molar-refractivity contribution in [3.63, 3.8) is 0 Å². The lowest BCUT2D eigenvalue weighted by molar-refractivity contribution is 0.560. The van der Waals surface area contributed by atoms with E-state index in [1.54, 1.807) is 6.20 Å². The zero-order chi connectivity index (χ0) is 19.7. The first-order chi connectivity index (χ1) is 13.4. The van der Waals surface area contributed by atoms with E-state index in [1.165, 1.54) is 30.3 Å². The van der Waals surface area contributed by atoms with Crippen LogP contribution in [0.5, 0.6) is 0 Å². The Morgan fingerprint density at radius 3 is 2.71 bits per heavy atom. The highest BCUT2D eigenvalue weighted by Gasteiger charge is 2.16. The average Bonchev–Trinajstić information content (AvgIpc) is 3.12. The van der Waals surface area contributed by atoms with E-state index >= 15 is 0 Å². The molecule has 4 aromatic rings. The minimum Gasteiger partial charge on any atom is -0.423 e. The Morgan fingerprint density at radius 1 is 1.11 bits per heavy atom. The lowest BCUT2D eigenvalue weighted by Gasteiger charge is -2.13. The molecule has 0 atom stereocenters. The molecule has 7 nitrogen and oxygen atoms in total. The van der Waals surface area contributed by atoms with Crippen LogP contribution in [0.15, 0.2) is 81.1 Å². The number of benzene rings is 2. The summed E-state index contributed by atoms with van der Waals surface area (Å²) in [7, 11) is -3.75. The molecule has 1 N–H and O–H groups in total.